The number of benzene rings is 2. The second kappa shape index (κ2) is 10.9. The van der Waals surface area contributed by atoms with Crippen LogP contribution in [-0.4, -0.2) is 59.3 Å². The van der Waals surface area contributed by atoms with Gasteiger partial charge >= 0.3 is 12.1 Å². The molecule has 10 heteroatoms. The standard InChI is InChI=1S/C27H30ClF3N2O4/c28-23-17-21(6-7-22(23)24(34)35)32-12-8-18(9-13-32)16-19-10-14-33(15-11-19)25(36)26(37,27(29,30)31)20-4-2-1-3-5-20/h1-7,17-19,37H,8-16H2,(H,34,35). The molecule has 2 heterocycles. The van der Waals surface area contributed by atoms with Crippen LogP contribution in [0.3, 0.4) is 0 Å². The molecule has 0 saturated carbocycles. The van der Waals surface area contributed by atoms with E-state index < -0.39 is 29.2 Å². The fourth-order valence-electron chi connectivity index (χ4n) is 5.46. The molecule has 1 amide bonds. The predicted molar refractivity (Wildman–Crippen MR) is 134 cm³/mol. The Kier molecular flexibility index (Phi) is 8.04. The van der Waals surface area contributed by atoms with Crippen molar-refractivity contribution in [3.63, 3.8) is 0 Å². The zero-order valence-corrected chi connectivity index (χ0v) is 21.0. The van der Waals surface area contributed by atoms with Gasteiger partial charge in [-0.2, -0.15) is 13.2 Å². The first-order chi connectivity index (χ1) is 17.5. The molecular weight excluding hydrogens is 509 g/mol. The summed E-state index contributed by atoms with van der Waals surface area (Å²) in [5, 5.41) is 19.9. The summed E-state index contributed by atoms with van der Waals surface area (Å²) in [7, 11) is 0. The molecule has 4 rings (SSSR count). The number of nitrogens with zero attached hydrogens (tertiary/aromatic N) is 2. The highest BCUT2D eigenvalue weighted by Gasteiger charge is 2.62. The second-order valence-corrected chi connectivity index (χ2v) is 10.4. The smallest absolute Gasteiger partial charge is 0.430 e. The van der Waals surface area contributed by atoms with Crippen molar-refractivity contribution in [2.24, 2.45) is 11.8 Å². The Balaban J connectivity index is 1.30. The average molecular weight is 539 g/mol. The highest BCUT2D eigenvalue weighted by molar-refractivity contribution is 6.33. The molecule has 1 unspecified atom stereocenters. The van der Waals surface area contributed by atoms with Gasteiger partial charge < -0.3 is 20.0 Å². The lowest BCUT2D eigenvalue weighted by Gasteiger charge is -2.40. The molecule has 0 bridgehead atoms. The summed E-state index contributed by atoms with van der Waals surface area (Å²) in [5.41, 5.74) is -3.07. The number of alkyl halides is 3. The number of aliphatic hydroxyl groups is 1. The maximum atomic E-state index is 13.9. The Hall–Kier alpha value is -2.78. The van der Waals surface area contributed by atoms with E-state index >= 15 is 0 Å². The summed E-state index contributed by atoms with van der Waals surface area (Å²) in [5.74, 6) is -1.61. The van der Waals surface area contributed by atoms with E-state index in [1.165, 1.54) is 24.3 Å². The maximum Gasteiger partial charge on any atom is 0.430 e. The van der Waals surface area contributed by atoms with Crippen LogP contribution in [0.5, 0.6) is 0 Å². The minimum Gasteiger partial charge on any atom is -0.478 e. The van der Waals surface area contributed by atoms with Crippen molar-refractivity contribution in [3.05, 3.63) is 64.7 Å². The number of aromatic carboxylic acids is 1. The number of rotatable bonds is 6. The Morgan fingerprint density at radius 3 is 2.00 bits per heavy atom. The molecule has 2 N–H and O–H groups in total. The van der Waals surface area contributed by atoms with Crippen LogP contribution in [0, 0.1) is 11.8 Å². The van der Waals surface area contributed by atoms with Gasteiger partial charge in [-0.25, -0.2) is 4.79 Å². The maximum absolute atomic E-state index is 13.9. The molecule has 1 atom stereocenters. The average Bonchev–Trinajstić information content (AvgIpc) is 2.88. The quantitative estimate of drug-likeness (QED) is 0.519. The van der Waals surface area contributed by atoms with Gasteiger partial charge in [0.1, 0.15) is 0 Å². The van der Waals surface area contributed by atoms with Crippen molar-refractivity contribution in [1.29, 1.82) is 0 Å². The van der Waals surface area contributed by atoms with Crippen LogP contribution in [0.1, 0.15) is 48.0 Å². The van der Waals surface area contributed by atoms with E-state index in [0.29, 0.717) is 24.7 Å². The SMILES string of the molecule is O=C(O)c1ccc(N2CCC(CC3CCN(C(=O)C(O)(c4ccccc4)C(F)(F)F)CC3)CC2)cc1Cl. The molecule has 2 saturated heterocycles. The molecule has 2 aliphatic rings. The van der Waals surface area contributed by atoms with E-state index in [0.717, 1.165) is 55.1 Å². The third-order valence-corrected chi connectivity index (χ3v) is 7.96. The molecule has 0 spiro atoms. The van der Waals surface area contributed by atoms with Crippen LogP contribution >= 0.6 is 11.6 Å². The number of hydrogen-bond acceptors (Lipinski definition) is 4. The van der Waals surface area contributed by atoms with Crippen LogP contribution in [0.25, 0.3) is 0 Å². The molecule has 2 aromatic carbocycles. The largest absolute Gasteiger partial charge is 0.478 e. The Bertz CT molecular complexity index is 1110. The molecule has 2 aliphatic heterocycles. The predicted octanol–water partition coefficient (Wildman–Crippen LogP) is 5.33. The third-order valence-electron chi connectivity index (χ3n) is 7.64. The van der Waals surface area contributed by atoms with E-state index in [9.17, 15) is 27.9 Å². The Morgan fingerprint density at radius 1 is 0.919 bits per heavy atom. The van der Waals surface area contributed by atoms with Crippen molar-refractivity contribution in [2.75, 3.05) is 31.1 Å². The molecule has 37 heavy (non-hydrogen) atoms. The summed E-state index contributed by atoms with van der Waals surface area (Å²) in [4.78, 5) is 27.4. The normalized spacial score (nSPS) is 19.5. The van der Waals surface area contributed by atoms with Crippen LogP contribution in [0.15, 0.2) is 48.5 Å². The van der Waals surface area contributed by atoms with Gasteiger partial charge in [-0.05, 0) is 62.1 Å². The number of likely N-dealkylation sites (tertiary alicyclic amines) is 1. The van der Waals surface area contributed by atoms with Crippen LogP contribution in [0.2, 0.25) is 5.02 Å². The summed E-state index contributed by atoms with van der Waals surface area (Å²) in [6.45, 7) is 1.98. The number of halogens is 4. The first kappa shape index (κ1) is 27.3. The second-order valence-electron chi connectivity index (χ2n) is 9.95. The first-order valence-corrected chi connectivity index (χ1v) is 12.8. The number of carboxylic acid groups (broad SMARTS) is 1. The van der Waals surface area contributed by atoms with Crippen molar-refractivity contribution in [3.8, 4) is 0 Å². The minimum atomic E-state index is -5.13. The summed E-state index contributed by atoms with van der Waals surface area (Å²) < 4.78 is 41.6. The molecular formula is C27H30ClF3N2O4. The third kappa shape index (κ3) is 5.72. The van der Waals surface area contributed by atoms with E-state index in [-0.39, 0.29) is 23.7 Å². The number of amides is 1. The molecule has 0 radical (unpaired) electrons. The molecule has 200 valence electrons. The number of carboxylic acids is 1. The van der Waals surface area contributed by atoms with Gasteiger partial charge in [0.05, 0.1) is 10.6 Å². The van der Waals surface area contributed by atoms with Gasteiger partial charge in [0.15, 0.2) is 0 Å². The van der Waals surface area contributed by atoms with Crippen molar-refractivity contribution >= 4 is 29.2 Å². The van der Waals surface area contributed by atoms with Gasteiger partial charge in [-0.1, -0.05) is 41.9 Å². The zero-order valence-electron chi connectivity index (χ0n) is 20.3. The fraction of sp³-hybridized carbons (Fsp3) is 0.481. The summed E-state index contributed by atoms with van der Waals surface area (Å²) >= 11 is 6.11. The van der Waals surface area contributed by atoms with Gasteiger partial charge in [0.2, 0.25) is 0 Å². The molecule has 2 fully saturated rings. The first-order valence-electron chi connectivity index (χ1n) is 12.4. The lowest BCUT2D eigenvalue weighted by Crippen LogP contribution is -2.57. The van der Waals surface area contributed by atoms with E-state index in [1.54, 1.807) is 12.1 Å². The van der Waals surface area contributed by atoms with Crippen molar-refractivity contribution < 1.29 is 33.0 Å². The van der Waals surface area contributed by atoms with Crippen LogP contribution in [0.4, 0.5) is 18.9 Å². The molecule has 0 aromatic heterocycles. The number of anilines is 1. The number of hydrogen-bond donors (Lipinski definition) is 2. The van der Waals surface area contributed by atoms with E-state index in [1.807, 2.05) is 0 Å². The Labute approximate surface area is 218 Å². The lowest BCUT2D eigenvalue weighted by atomic mass is 9.82. The molecule has 0 aliphatic carbocycles. The van der Waals surface area contributed by atoms with Crippen LogP contribution < -0.4 is 4.90 Å². The number of piperidine rings is 2. The number of carbonyl (C=O) groups is 2. The topological polar surface area (TPSA) is 81.1 Å². The minimum absolute atomic E-state index is 0.0718. The van der Waals surface area contributed by atoms with Gasteiger partial charge in [0, 0.05) is 37.4 Å². The lowest BCUT2D eigenvalue weighted by molar-refractivity contribution is -0.262. The molecule has 6 nitrogen and oxygen atoms in total. The van der Waals surface area contributed by atoms with E-state index in [2.05, 4.69) is 4.90 Å². The highest BCUT2D eigenvalue weighted by Crippen LogP contribution is 2.41. The van der Waals surface area contributed by atoms with Gasteiger partial charge in [-0.15, -0.1) is 0 Å². The van der Waals surface area contributed by atoms with E-state index in [4.69, 9.17) is 16.7 Å². The van der Waals surface area contributed by atoms with Gasteiger partial charge in [-0.3, -0.25) is 4.79 Å². The monoisotopic (exact) mass is 538 g/mol. The molecule has 2 aromatic rings. The van der Waals surface area contributed by atoms with Crippen molar-refractivity contribution in [1.82, 2.24) is 4.90 Å². The fourth-order valence-corrected chi connectivity index (χ4v) is 5.72. The highest BCUT2D eigenvalue weighted by atomic mass is 35.5. The number of carbonyl (C=O) groups excluding carboxylic acids is 1. The zero-order chi connectivity index (χ0) is 26.8. The van der Waals surface area contributed by atoms with Gasteiger partial charge in [0.25, 0.3) is 11.5 Å². The summed E-state index contributed by atoms with van der Waals surface area (Å²) in [6, 6.07) is 11.5. The Morgan fingerprint density at radius 2 is 1.49 bits per heavy atom. The van der Waals surface area contributed by atoms with Crippen molar-refractivity contribution in [2.45, 2.75) is 43.9 Å². The van der Waals surface area contributed by atoms with Crippen LogP contribution in [-0.2, 0) is 10.4 Å². The summed E-state index contributed by atoms with van der Waals surface area (Å²) in [6.07, 6.45) is -1.11.